The fourth-order valence-electron chi connectivity index (χ4n) is 3.24. The molecule has 3 aromatic carbocycles. The Bertz CT molecular complexity index is 1130. The molecular formula is C23H24N2O3S. The van der Waals surface area contributed by atoms with E-state index in [-0.39, 0.29) is 28.1 Å². The second kappa shape index (κ2) is 8.49. The third kappa shape index (κ3) is 4.84. The minimum Gasteiger partial charge on any atom is -0.345 e. The number of hydrogen-bond donors (Lipinski definition) is 2. The Kier molecular flexibility index (Phi) is 6.03. The van der Waals surface area contributed by atoms with E-state index in [1.54, 1.807) is 42.5 Å². The highest BCUT2D eigenvalue weighted by atomic mass is 32.2. The van der Waals surface area contributed by atoms with E-state index in [1.165, 1.54) is 12.1 Å². The van der Waals surface area contributed by atoms with Crippen molar-refractivity contribution in [3.63, 3.8) is 0 Å². The predicted molar refractivity (Wildman–Crippen MR) is 115 cm³/mol. The molecule has 0 aromatic heterocycles. The number of rotatable bonds is 6. The molecule has 150 valence electrons. The molecule has 0 fully saturated rings. The van der Waals surface area contributed by atoms with Gasteiger partial charge in [0.05, 0.1) is 22.2 Å². The van der Waals surface area contributed by atoms with Gasteiger partial charge in [0.25, 0.3) is 15.9 Å². The molecule has 6 heteroatoms. The molecule has 0 aliphatic rings. The molecule has 0 unspecified atom stereocenters. The normalized spacial score (nSPS) is 12.2. The summed E-state index contributed by atoms with van der Waals surface area (Å²) >= 11 is 0. The highest BCUT2D eigenvalue weighted by Crippen LogP contribution is 2.23. The third-order valence-corrected chi connectivity index (χ3v) is 6.09. The van der Waals surface area contributed by atoms with E-state index in [4.69, 9.17) is 0 Å². The van der Waals surface area contributed by atoms with Crippen LogP contribution in [0.2, 0.25) is 0 Å². The lowest BCUT2D eigenvalue weighted by molar-refractivity contribution is 0.0940. The van der Waals surface area contributed by atoms with Crippen molar-refractivity contribution in [2.24, 2.45) is 0 Å². The molecule has 0 aliphatic heterocycles. The number of aryl methyl sites for hydroxylation is 2. The number of carbonyl (C=O) groups excluding carboxylic acids is 1. The molecule has 0 radical (unpaired) electrons. The zero-order valence-corrected chi connectivity index (χ0v) is 17.5. The molecule has 2 N–H and O–H groups in total. The van der Waals surface area contributed by atoms with E-state index in [0.29, 0.717) is 0 Å². The van der Waals surface area contributed by atoms with Crippen LogP contribution < -0.4 is 10.0 Å². The molecule has 1 amide bonds. The summed E-state index contributed by atoms with van der Waals surface area (Å²) in [7, 11) is -3.79. The van der Waals surface area contributed by atoms with Crippen molar-refractivity contribution in [2.75, 3.05) is 4.72 Å². The summed E-state index contributed by atoms with van der Waals surface area (Å²) in [6.07, 6.45) is 0. The Labute approximate surface area is 171 Å². The minimum atomic E-state index is -3.79. The molecule has 0 saturated heterocycles. The highest BCUT2D eigenvalue weighted by molar-refractivity contribution is 7.92. The maximum Gasteiger partial charge on any atom is 0.261 e. The minimum absolute atomic E-state index is 0.138. The quantitative estimate of drug-likeness (QED) is 0.626. The molecule has 5 nitrogen and oxygen atoms in total. The maximum atomic E-state index is 12.9. The zero-order chi connectivity index (χ0) is 21.0. The summed E-state index contributed by atoms with van der Waals surface area (Å²) in [4.78, 5) is 13.0. The van der Waals surface area contributed by atoms with Gasteiger partial charge in [-0.3, -0.25) is 9.52 Å². The molecule has 29 heavy (non-hydrogen) atoms. The second-order valence-electron chi connectivity index (χ2n) is 7.02. The average Bonchev–Trinajstić information content (AvgIpc) is 2.68. The largest absolute Gasteiger partial charge is 0.345 e. The van der Waals surface area contributed by atoms with Gasteiger partial charge in [-0.05, 0) is 56.2 Å². The SMILES string of the molecule is Cc1ccc([C@H](C)NC(=O)c2ccccc2NS(=O)(=O)c2ccccc2)c(C)c1. The summed E-state index contributed by atoms with van der Waals surface area (Å²) in [5, 5.41) is 2.96. The molecule has 3 rings (SSSR count). The van der Waals surface area contributed by atoms with Crippen molar-refractivity contribution in [1.82, 2.24) is 5.32 Å². The van der Waals surface area contributed by atoms with Gasteiger partial charge in [-0.2, -0.15) is 0 Å². The van der Waals surface area contributed by atoms with Crippen LogP contribution in [0.5, 0.6) is 0 Å². The van der Waals surface area contributed by atoms with Crippen molar-refractivity contribution >= 4 is 21.6 Å². The Morgan fingerprint density at radius 2 is 1.55 bits per heavy atom. The molecule has 0 aliphatic carbocycles. The van der Waals surface area contributed by atoms with E-state index in [0.717, 1.165) is 16.7 Å². The number of sulfonamides is 1. The number of hydrogen-bond acceptors (Lipinski definition) is 3. The van der Waals surface area contributed by atoms with Crippen molar-refractivity contribution < 1.29 is 13.2 Å². The smallest absolute Gasteiger partial charge is 0.261 e. The van der Waals surface area contributed by atoms with Crippen LogP contribution in [0.15, 0.2) is 77.7 Å². The van der Waals surface area contributed by atoms with Crippen LogP contribution in [-0.4, -0.2) is 14.3 Å². The first-order valence-corrected chi connectivity index (χ1v) is 10.8. The zero-order valence-electron chi connectivity index (χ0n) is 16.6. The first-order chi connectivity index (χ1) is 13.8. The van der Waals surface area contributed by atoms with Crippen molar-refractivity contribution in [3.8, 4) is 0 Å². The Morgan fingerprint density at radius 1 is 0.897 bits per heavy atom. The van der Waals surface area contributed by atoms with E-state index >= 15 is 0 Å². The van der Waals surface area contributed by atoms with E-state index in [1.807, 2.05) is 32.9 Å². The van der Waals surface area contributed by atoms with Gasteiger partial charge in [-0.25, -0.2) is 8.42 Å². The third-order valence-electron chi connectivity index (χ3n) is 4.71. The van der Waals surface area contributed by atoms with Gasteiger partial charge in [0.15, 0.2) is 0 Å². The highest BCUT2D eigenvalue weighted by Gasteiger charge is 2.20. The molecule has 3 aromatic rings. The van der Waals surface area contributed by atoms with Crippen molar-refractivity contribution in [1.29, 1.82) is 0 Å². The first kappa shape index (κ1) is 20.6. The van der Waals surface area contributed by atoms with E-state index in [2.05, 4.69) is 16.1 Å². The van der Waals surface area contributed by atoms with Gasteiger partial charge < -0.3 is 5.32 Å². The topological polar surface area (TPSA) is 75.3 Å². The fraction of sp³-hybridized carbons (Fsp3) is 0.174. The lowest BCUT2D eigenvalue weighted by Crippen LogP contribution is -2.28. The number of amides is 1. The van der Waals surface area contributed by atoms with Crippen molar-refractivity contribution in [2.45, 2.75) is 31.7 Å². The van der Waals surface area contributed by atoms with Crippen LogP contribution in [0.3, 0.4) is 0 Å². The number of carbonyl (C=O) groups is 1. The summed E-state index contributed by atoms with van der Waals surface area (Å²) in [5.74, 6) is -0.344. The summed E-state index contributed by atoms with van der Waals surface area (Å²) in [5.41, 5.74) is 3.78. The van der Waals surface area contributed by atoms with Gasteiger partial charge in [0, 0.05) is 0 Å². The fourth-order valence-corrected chi connectivity index (χ4v) is 4.34. The lowest BCUT2D eigenvalue weighted by atomic mass is 10.00. The van der Waals surface area contributed by atoms with Crippen LogP contribution in [0.1, 0.15) is 40.0 Å². The van der Waals surface area contributed by atoms with Gasteiger partial charge in [0.1, 0.15) is 0 Å². The Hall–Kier alpha value is -3.12. The van der Waals surface area contributed by atoms with Crippen LogP contribution in [0.4, 0.5) is 5.69 Å². The second-order valence-corrected chi connectivity index (χ2v) is 8.70. The van der Waals surface area contributed by atoms with Crippen LogP contribution in [0.25, 0.3) is 0 Å². The van der Waals surface area contributed by atoms with E-state index in [9.17, 15) is 13.2 Å². The number of nitrogens with one attached hydrogen (secondary N) is 2. The van der Waals surface area contributed by atoms with Gasteiger partial charge in [0.2, 0.25) is 0 Å². The average molecular weight is 409 g/mol. The Balaban J connectivity index is 1.84. The monoisotopic (exact) mass is 408 g/mol. The molecule has 0 saturated carbocycles. The summed E-state index contributed by atoms with van der Waals surface area (Å²) in [6.45, 7) is 5.94. The molecule has 0 bridgehead atoms. The summed E-state index contributed by atoms with van der Waals surface area (Å²) < 4.78 is 27.8. The first-order valence-electron chi connectivity index (χ1n) is 9.33. The van der Waals surface area contributed by atoms with Gasteiger partial charge in [-0.15, -0.1) is 0 Å². The number of benzene rings is 3. The van der Waals surface area contributed by atoms with E-state index < -0.39 is 10.0 Å². The number of anilines is 1. The Morgan fingerprint density at radius 3 is 2.24 bits per heavy atom. The standard InChI is InChI=1S/C23H24N2O3S/c1-16-13-14-20(17(2)15-16)18(3)24-23(26)21-11-7-8-12-22(21)25-29(27,28)19-9-5-4-6-10-19/h4-15,18,25H,1-3H3,(H,24,26)/t18-/m0/s1. The molecular weight excluding hydrogens is 384 g/mol. The number of para-hydroxylation sites is 1. The van der Waals surface area contributed by atoms with Gasteiger partial charge >= 0.3 is 0 Å². The summed E-state index contributed by atoms with van der Waals surface area (Å²) in [6, 6.07) is 20.5. The predicted octanol–water partition coefficient (Wildman–Crippen LogP) is 4.60. The van der Waals surface area contributed by atoms with Crippen LogP contribution >= 0.6 is 0 Å². The molecule has 0 spiro atoms. The van der Waals surface area contributed by atoms with Crippen LogP contribution in [-0.2, 0) is 10.0 Å². The lowest BCUT2D eigenvalue weighted by Gasteiger charge is -2.19. The van der Waals surface area contributed by atoms with Gasteiger partial charge in [-0.1, -0.05) is 54.1 Å². The maximum absolute atomic E-state index is 12.9. The molecule has 0 heterocycles. The molecule has 1 atom stereocenters. The van der Waals surface area contributed by atoms with Crippen LogP contribution in [0, 0.1) is 13.8 Å². The van der Waals surface area contributed by atoms with Crippen molar-refractivity contribution in [3.05, 3.63) is 95.1 Å².